The van der Waals surface area contributed by atoms with Crippen LogP contribution in [0.2, 0.25) is 0 Å². The van der Waals surface area contributed by atoms with Crippen molar-refractivity contribution in [2.75, 3.05) is 62.6 Å². The number of anilines is 4. The number of para-hydroxylation sites is 3. The number of fused-ring (bicyclic) bond motifs is 6. The summed E-state index contributed by atoms with van der Waals surface area (Å²) in [5.74, 6) is 2.70. The fourth-order valence-corrected chi connectivity index (χ4v) is 7.79. The van der Waals surface area contributed by atoms with Gasteiger partial charge in [-0.2, -0.15) is 5.26 Å². The number of nitrogen functional groups attached to an aromatic ring is 2. The largest absolute Gasteiger partial charge is 0.384 e. The van der Waals surface area contributed by atoms with Crippen molar-refractivity contribution in [1.82, 2.24) is 39.7 Å². The summed E-state index contributed by atoms with van der Waals surface area (Å²) in [6.45, 7) is 3.75. The minimum absolute atomic E-state index is 0.199. The second-order valence-electron chi connectivity index (χ2n) is 15.5. The van der Waals surface area contributed by atoms with Crippen LogP contribution in [-0.2, 0) is 35.4 Å². The molecule has 4 aromatic carbocycles. The van der Waals surface area contributed by atoms with Crippen LogP contribution in [0.25, 0.3) is 43.9 Å². The maximum absolute atomic E-state index is 12.2. The van der Waals surface area contributed by atoms with E-state index in [-0.39, 0.29) is 12.1 Å². The Balaban J connectivity index is 0.000000197. The van der Waals surface area contributed by atoms with E-state index in [1.807, 2.05) is 72.8 Å². The third-order valence-electron chi connectivity index (χ3n) is 10.9. The number of nitrogens with one attached hydrogen (secondary N) is 4. The lowest BCUT2D eigenvalue weighted by Gasteiger charge is -2.12. The maximum Gasteiger partial charge on any atom is 0.319 e. The van der Waals surface area contributed by atoms with Crippen LogP contribution in [-0.4, -0.2) is 81.7 Å². The number of nitrogens with zero attached hydrogens (tertiary/aromatic N) is 7. The summed E-state index contributed by atoms with van der Waals surface area (Å²) in [6.07, 6.45) is 4.70. The third-order valence-corrected chi connectivity index (χ3v) is 10.9. The number of unbranched alkanes of at least 4 members (excludes halogenated alkanes) is 2. The highest BCUT2D eigenvalue weighted by molar-refractivity contribution is 6.07. The zero-order valence-electron chi connectivity index (χ0n) is 37.2. The number of carbonyl (C=O) groups excluding carboxylic acids is 2. The molecule has 0 saturated carbocycles. The zero-order valence-corrected chi connectivity index (χ0v) is 37.2. The van der Waals surface area contributed by atoms with E-state index in [0.29, 0.717) is 67.5 Å². The first-order valence-corrected chi connectivity index (χ1v) is 22.0. The molecule has 340 valence electrons. The summed E-state index contributed by atoms with van der Waals surface area (Å²) in [5.41, 5.74) is 19.5. The van der Waals surface area contributed by atoms with Crippen molar-refractivity contribution < 1.29 is 19.1 Å². The lowest BCUT2D eigenvalue weighted by Crippen LogP contribution is -2.29. The molecule has 0 aliphatic carbocycles. The number of hydrogen-bond donors (Lipinski definition) is 6. The lowest BCUT2D eigenvalue weighted by molar-refractivity contribution is 0.199. The van der Waals surface area contributed by atoms with Gasteiger partial charge in [0.15, 0.2) is 11.6 Å². The zero-order chi connectivity index (χ0) is 46.3. The van der Waals surface area contributed by atoms with Crippen LogP contribution in [0.5, 0.6) is 0 Å². The van der Waals surface area contributed by atoms with Crippen molar-refractivity contribution in [3.05, 3.63) is 120 Å². The Morgan fingerprint density at radius 1 is 0.606 bits per heavy atom. The molecular weight excluding hydrogens is 835 g/mol. The highest BCUT2D eigenvalue weighted by atomic mass is 16.5. The van der Waals surface area contributed by atoms with Crippen LogP contribution >= 0.6 is 0 Å². The predicted molar refractivity (Wildman–Crippen MR) is 260 cm³/mol. The Morgan fingerprint density at radius 2 is 1.08 bits per heavy atom. The number of pyridine rings is 2. The number of nitriles is 1. The molecule has 0 aliphatic heterocycles. The van der Waals surface area contributed by atoms with Crippen LogP contribution < -0.4 is 32.7 Å². The molecule has 0 atom stereocenters. The average Bonchev–Trinajstić information content (AvgIpc) is 3.89. The van der Waals surface area contributed by atoms with Crippen molar-refractivity contribution >= 4 is 78.9 Å². The van der Waals surface area contributed by atoms with Gasteiger partial charge >= 0.3 is 12.1 Å². The van der Waals surface area contributed by atoms with Gasteiger partial charge in [-0.25, -0.2) is 29.5 Å². The quantitative estimate of drug-likeness (QED) is 0.0455. The van der Waals surface area contributed by atoms with E-state index in [0.717, 1.165) is 94.5 Å². The molecule has 0 unspecified atom stereocenters. The van der Waals surface area contributed by atoms with Crippen LogP contribution in [0.1, 0.15) is 42.9 Å². The van der Waals surface area contributed by atoms with Crippen LogP contribution in [0.4, 0.5) is 32.6 Å². The summed E-state index contributed by atoms with van der Waals surface area (Å²) in [5, 5.41) is 22.4. The molecule has 0 fully saturated rings. The minimum atomic E-state index is -0.297. The van der Waals surface area contributed by atoms with Crippen molar-refractivity contribution in [3.8, 4) is 6.07 Å². The Morgan fingerprint density at radius 3 is 1.58 bits per heavy atom. The first-order valence-electron chi connectivity index (χ1n) is 22.0. The summed E-state index contributed by atoms with van der Waals surface area (Å²) in [4.78, 5) is 42.8. The van der Waals surface area contributed by atoms with Gasteiger partial charge in [0.05, 0.1) is 46.9 Å². The molecular formula is C49H55N13O4. The van der Waals surface area contributed by atoms with Gasteiger partial charge < -0.3 is 51.3 Å². The molecule has 0 bridgehead atoms. The van der Waals surface area contributed by atoms with E-state index in [9.17, 15) is 9.59 Å². The second-order valence-corrected chi connectivity index (χ2v) is 15.5. The fourth-order valence-electron chi connectivity index (χ4n) is 7.79. The van der Waals surface area contributed by atoms with E-state index in [2.05, 4.69) is 52.5 Å². The highest BCUT2D eigenvalue weighted by Crippen LogP contribution is 2.31. The van der Waals surface area contributed by atoms with E-state index in [4.69, 9.17) is 36.2 Å². The smallest absolute Gasteiger partial charge is 0.319 e. The van der Waals surface area contributed by atoms with Gasteiger partial charge in [0, 0.05) is 75.4 Å². The molecule has 0 aliphatic rings. The Bertz CT molecular complexity index is 2960. The number of hydrogen-bond acceptors (Lipinski definition) is 11. The molecule has 0 radical (unpaired) electrons. The number of urea groups is 2. The summed E-state index contributed by atoms with van der Waals surface area (Å²) in [6, 6.07) is 33.7. The highest BCUT2D eigenvalue weighted by Gasteiger charge is 2.19. The van der Waals surface area contributed by atoms with Crippen molar-refractivity contribution in [3.63, 3.8) is 0 Å². The van der Waals surface area contributed by atoms with Crippen LogP contribution in [0.3, 0.4) is 0 Å². The first kappa shape index (κ1) is 46.2. The van der Waals surface area contributed by atoms with Crippen molar-refractivity contribution in [2.24, 2.45) is 0 Å². The molecule has 17 nitrogen and oxygen atoms in total. The molecule has 8 aromatic rings. The second kappa shape index (κ2) is 22.7. The summed E-state index contributed by atoms with van der Waals surface area (Å²) < 4.78 is 15.0. The standard InChI is InChI=1S/C25H27N7O2.C24H28N6O2/c1-34-14-11-21-31-22-23(19-9-2-3-10-20(19)30-24(22)27)32(21)13-5-4-12-28-25(33)29-18-8-6-7-17(15-18)16-26;1-32-16-13-20-29-21-22(18-11-5-6-12-19(18)28-23(21)25)30(20)15-8-7-14-26-24(31)27-17-9-3-2-4-10-17/h2-3,6-10,15H,4-5,11-14H2,1H3,(H2,27,30)(H2,28,29,33);2-6,9-12H,7-8,13-16H2,1H3,(H2,25,28)(H2,26,27,31). The molecule has 4 amide bonds. The third kappa shape index (κ3) is 11.5. The molecule has 4 aromatic heterocycles. The van der Waals surface area contributed by atoms with E-state index in [1.165, 1.54) is 0 Å². The normalized spacial score (nSPS) is 11.0. The van der Waals surface area contributed by atoms with Gasteiger partial charge in [0.2, 0.25) is 0 Å². The van der Waals surface area contributed by atoms with Gasteiger partial charge in [-0.05, 0) is 68.1 Å². The number of amides is 4. The monoisotopic (exact) mass is 889 g/mol. The molecule has 8 N–H and O–H groups in total. The van der Waals surface area contributed by atoms with E-state index >= 15 is 0 Å². The molecule has 8 rings (SSSR count). The van der Waals surface area contributed by atoms with Gasteiger partial charge in [0.1, 0.15) is 22.7 Å². The molecule has 17 heteroatoms. The van der Waals surface area contributed by atoms with E-state index < -0.39 is 0 Å². The number of rotatable bonds is 18. The number of methoxy groups -OCH3 is 2. The van der Waals surface area contributed by atoms with E-state index in [1.54, 1.807) is 38.5 Å². The molecule has 0 spiro atoms. The summed E-state index contributed by atoms with van der Waals surface area (Å²) >= 11 is 0. The first-order chi connectivity index (χ1) is 32.3. The number of ether oxygens (including phenoxy) is 2. The van der Waals surface area contributed by atoms with Crippen LogP contribution in [0.15, 0.2) is 103 Å². The van der Waals surface area contributed by atoms with Gasteiger partial charge in [0.25, 0.3) is 0 Å². The Labute approximate surface area is 382 Å². The van der Waals surface area contributed by atoms with Crippen molar-refractivity contribution in [1.29, 1.82) is 5.26 Å². The number of carbonyl (C=O) groups is 2. The number of aromatic nitrogens is 6. The fraction of sp³-hybridized carbons (Fsp3) is 0.286. The molecule has 0 saturated heterocycles. The van der Waals surface area contributed by atoms with Crippen molar-refractivity contribution in [2.45, 2.75) is 51.6 Å². The Hall–Kier alpha value is -7.81. The van der Waals surface area contributed by atoms with Gasteiger partial charge in [-0.1, -0.05) is 60.7 Å². The van der Waals surface area contributed by atoms with Gasteiger partial charge in [-0.15, -0.1) is 0 Å². The minimum Gasteiger partial charge on any atom is -0.384 e. The predicted octanol–water partition coefficient (Wildman–Crippen LogP) is 7.79. The SMILES string of the molecule is COCCc1nc2c(N)nc3ccccc3c2n1CCCCNC(=O)Nc1cccc(C#N)c1.COCCc1nc2c(N)nc3ccccc3c2n1CCCCNC(=O)Nc1ccccc1. The molecule has 4 heterocycles. The lowest BCUT2D eigenvalue weighted by atomic mass is 10.2. The maximum atomic E-state index is 12.2. The summed E-state index contributed by atoms with van der Waals surface area (Å²) in [7, 11) is 3.36. The average molecular weight is 890 g/mol. The number of benzene rings is 4. The van der Waals surface area contributed by atoms with Crippen LogP contribution in [0, 0.1) is 11.3 Å². The topological polar surface area (TPSA) is 238 Å². The number of nitrogens with two attached hydrogens (primary N) is 2. The molecule has 66 heavy (non-hydrogen) atoms. The Kier molecular flexibility index (Phi) is 15.9. The number of aryl methyl sites for hydroxylation is 2. The van der Waals surface area contributed by atoms with Gasteiger partial charge in [-0.3, -0.25) is 0 Å². The number of imidazole rings is 2.